The summed E-state index contributed by atoms with van der Waals surface area (Å²) in [7, 11) is 0. The lowest BCUT2D eigenvalue weighted by molar-refractivity contribution is -0.286. The van der Waals surface area contributed by atoms with Gasteiger partial charge in [0.1, 0.15) is 146 Å². The standard InChI is InChI=1S/C7H14O5.5C6H12O6/c1-3-5(10)6(11)7(12-3)4(9)2-8;3*7-1-2(8)5-3(9)4(10)6(11)12-5;2*7-1-2-3(8)4(9)5(10)6(11)12-2/h3-11H,2H2,1H3;5*2-11H,1H2/t3-,4-,5-,6+,7-;2-,3+,4+,5-,6-;2-,3+,4-,5-,6+;2-,3+,4-,5-,6-;2?,3-,4-,5?,6+;2?,3-,4-,5?,6-/m000000/s1. The maximum Gasteiger partial charge on any atom is 0.184 e. The summed E-state index contributed by atoms with van der Waals surface area (Å²) in [5, 5.41) is 259. The lowest BCUT2D eigenvalue weighted by Crippen LogP contribution is -2.58. The van der Waals surface area contributed by atoms with Gasteiger partial charge in [0.2, 0.25) is 0 Å². The molecule has 432 valence electrons. The van der Waals surface area contributed by atoms with E-state index in [0.717, 1.165) is 0 Å². The lowest BCUT2D eigenvalue weighted by atomic mass is 10.00. The van der Waals surface area contributed by atoms with E-state index in [1.165, 1.54) is 0 Å². The van der Waals surface area contributed by atoms with E-state index in [1.54, 1.807) is 6.92 Å². The quantitative estimate of drug-likeness (QED) is 0.0966. The minimum atomic E-state index is -1.57. The van der Waals surface area contributed by atoms with Crippen molar-refractivity contribution in [1.82, 2.24) is 0 Å². The monoisotopic (exact) mass is 1080 g/mol. The van der Waals surface area contributed by atoms with Gasteiger partial charge in [-0.25, -0.2) is 0 Å². The highest BCUT2D eigenvalue weighted by molar-refractivity contribution is 4.94. The van der Waals surface area contributed by atoms with Crippen LogP contribution in [-0.4, -0.2) is 372 Å². The fourth-order valence-corrected chi connectivity index (χ4v) is 6.79. The molecular weight excluding hydrogens is 1000 g/mol. The van der Waals surface area contributed by atoms with Crippen LogP contribution in [0.3, 0.4) is 0 Å². The second-order valence-corrected chi connectivity index (χ2v) is 16.6. The number of rotatable bonds is 10. The first-order valence-electron chi connectivity index (χ1n) is 21.7. The van der Waals surface area contributed by atoms with Crippen molar-refractivity contribution < 1.29 is 177 Å². The van der Waals surface area contributed by atoms with Crippen LogP contribution in [0, 0.1) is 0 Å². The molecule has 30 atom stereocenters. The molecule has 6 rings (SSSR count). The van der Waals surface area contributed by atoms with Crippen molar-refractivity contribution in [3.8, 4) is 0 Å². The third-order valence-electron chi connectivity index (χ3n) is 11.4. The van der Waals surface area contributed by atoms with Gasteiger partial charge in [-0.3, -0.25) is 0 Å². The Kier molecular flexibility index (Phi) is 30.8. The number of aliphatic hydroxyl groups excluding tert-OH is 29. The summed E-state index contributed by atoms with van der Waals surface area (Å²) >= 11 is 0. The normalized spacial score (nSPS) is 46.2. The van der Waals surface area contributed by atoms with Crippen LogP contribution in [0.2, 0.25) is 0 Å². The van der Waals surface area contributed by atoms with Gasteiger partial charge in [-0.15, -0.1) is 0 Å². The zero-order chi connectivity index (χ0) is 55.8. The Morgan fingerprint density at radius 1 is 0.264 bits per heavy atom. The summed E-state index contributed by atoms with van der Waals surface area (Å²) in [5.41, 5.74) is 0. The molecule has 6 saturated heterocycles. The van der Waals surface area contributed by atoms with Crippen molar-refractivity contribution >= 4 is 0 Å². The van der Waals surface area contributed by atoms with E-state index in [4.69, 9.17) is 143 Å². The van der Waals surface area contributed by atoms with E-state index in [-0.39, 0.29) is 0 Å². The maximum absolute atomic E-state index is 9.28. The Hall–Kier alpha value is -1.40. The second kappa shape index (κ2) is 32.4. The molecule has 0 aromatic heterocycles. The largest absolute Gasteiger partial charge is 0.394 e. The van der Waals surface area contributed by atoms with Gasteiger partial charge in [0.05, 0.1) is 45.7 Å². The van der Waals surface area contributed by atoms with Crippen LogP contribution in [0.1, 0.15) is 6.92 Å². The molecule has 72 heavy (non-hydrogen) atoms. The molecule has 0 aliphatic carbocycles. The SMILES string of the molecule is C[C@@H]1O[C@@H]([C@@H](O)CO)[C@H](O)[C@H]1O.OCC1O[C@@H](O)C(O)[C@@H](O)[C@H]1O.OCC1O[C@H](O)C(O)[C@@H](O)[C@H]1O.OC[C@H](O)[C@@H]1O[C@@H](O)[C@@H](O)[C@H]1O.OC[C@H](O)[C@@H]1O[C@H](O)[C@@H](O)[C@H]1O.OC[C@H](O)[C@@H]1O[C@H](O)[C@H](O)[C@H]1O. The van der Waals surface area contributed by atoms with Gasteiger partial charge in [0.15, 0.2) is 31.5 Å². The fraction of sp³-hybridized carbons (Fsp3) is 1.00. The Morgan fingerprint density at radius 2 is 0.472 bits per heavy atom. The molecule has 0 spiro atoms. The van der Waals surface area contributed by atoms with E-state index in [0.29, 0.717) is 0 Å². The first-order valence-corrected chi connectivity index (χ1v) is 21.7. The molecule has 35 heteroatoms. The van der Waals surface area contributed by atoms with E-state index < -0.39 is 224 Å². The van der Waals surface area contributed by atoms with Crippen LogP contribution in [0.15, 0.2) is 0 Å². The van der Waals surface area contributed by atoms with Gasteiger partial charge in [0.25, 0.3) is 0 Å². The highest BCUT2D eigenvalue weighted by atomic mass is 16.7. The molecule has 0 radical (unpaired) electrons. The van der Waals surface area contributed by atoms with E-state index in [9.17, 15) is 10.2 Å². The minimum absolute atomic E-state index is 0.485. The lowest BCUT2D eigenvalue weighted by Gasteiger charge is -2.37. The molecule has 6 aliphatic heterocycles. The Morgan fingerprint density at radius 3 is 0.653 bits per heavy atom. The number of hydrogen-bond donors (Lipinski definition) is 29. The van der Waals surface area contributed by atoms with Crippen LogP contribution in [0.25, 0.3) is 0 Å². The average Bonchev–Trinajstić information content (AvgIpc) is 3.99. The van der Waals surface area contributed by atoms with Crippen LogP contribution < -0.4 is 0 Å². The predicted octanol–water partition coefficient (Wildman–Crippen LogP) is -18.3. The molecular formula is C37H74O35. The van der Waals surface area contributed by atoms with Gasteiger partial charge in [-0.1, -0.05) is 0 Å². The van der Waals surface area contributed by atoms with Crippen molar-refractivity contribution in [2.75, 3.05) is 39.6 Å². The molecule has 0 aromatic rings. The highest BCUT2D eigenvalue weighted by Gasteiger charge is 2.48. The fourth-order valence-electron chi connectivity index (χ4n) is 6.79. The zero-order valence-corrected chi connectivity index (χ0v) is 38.0. The summed E-state index contributed by atoms with van der Waals surface area (Å²) in [4.78, 5) is 0. The van der Waals surface area contributed by atoms with Crippen LogP contribution in [0.4, 0.5) is 0 Å². The van der Waals surface area contributed by atoms with E-state index in [2.05, 4.69) is 23.7 Å². The third kappa shape index (κ3) is 18.4. The second-order valence-electron chi connectivity index (χ2n) is 16.6. The molecule has 6 heterocycles. The zero-order valence-electron chi connectivity index (χ0n) is 38.0. The highest BCUT2D eigenvalue weighted by Crippen LogP contribution is 2.26. The van der Waals surface area contributed by atoms with Gasteiger partial charge >= 0.3 is 0 Å². The van der Waals surface area contributed by atoms with Crippen molar-refractivity contribution in [3.63, 3.8) is 0 Å². The molecule has 4 unspecified atom stereocenters. The summed E-state index contributed by atoms with van der Waals surface area (Å²) in [6.45, 7) is -1.73. The summed E-state index contributed by atoms with van der Waals surface area (Å²) < 4.78 is 27.9. The molecule has 0 saturated carbocycles. The number of aliphatic hydroxyl groups is 29. The van der Waals surface area contributed by atoms with E-state index in [1.807, 2.05) is 0 Å². The molecule has 0 bridgehead atoms. The van der Waals surface area contributed by atoms with Crippen LogP contribution >= 0.6 is 0 Å². The Bertz CT molecular complexity index is 1250. The van der Waals surface area contributed by atoms with Crippen molar-refractivity contribution in [3.05, 3.63) is 0 Å². The van der Waals surface area contributed by atoms with Crippen LogP contribution in [-0.2, 0) is 28.4 Å². The van der Waals surface area contributed by atoms with Crippen molar-refractivity contribution in [2.45, 2.75) is 191 Å². The van der Waals surface area contributed by atoms with Crippen LogP contribution in [0.5, 0.6) is 0 Å². The smallest absolute Gasteiger partial charge is 0.184 e. The number of hydrogen-bond acceptors (Lipinski definition) is 35. The first kappa shape index (κ1) is 68.6. The van der Waals surface area contributed by atoms with Gasteiger partial charge in [0, 0.05) is 0 Å². The summed E-state index contributed by atoms with van der Waals surface area (Å²) in [5.74, 6) is 0. The molecule has 6 aliphatic rings. The summed E-state index contributed by atoms with van der Waals surface area (Å²) in [6.07, 6.45) is -39.0. The first-order chi connectivity index (χ1) is 33.4. The van der Waals surface area contributed by atoms with Gasteiger partial charge in [-0.05, 0) is 6.92 Å². The van der Waals surface area contributed by atoms with Gasteiger partial charge < -0.3 is 177 Å². The molecule has 0 amide bonds. The Balaban J connectivity index is 0.000000432. The van der Waals surface area contributed by atoms with E-state index >= 15 is 0 Å². The molecule has 29 N–H and O–H groups in total. The minimum Gasteiger partial charge on any atom is -0.394 e. The number of ether oxygens (including phenoxy) is 6. The average molecular weight is 1080 g/mol. The topological polar surface area (TPSA) is 642 Å². The summed E-state index contributed by atoms with van der Waals surface area (Å²) in [6, 6.07) is 0. The van der Waals surface area contributed by atoms with Crippen molar-refractivity contribution in [1.29, 1.82) is 0 Å². The molecule has 6 fully saturated rings. The molecule has 35 nitrogen and oxygen atoms in total. The van der Waals surface area contributed by atoms with Gasteiger partial charge in [-0.2, -0.15) is 0 Å². The predicted molar refractivity (Wildman–Crippen MR) is 219 cm³/mol. The Labute approximate surface area is 407 Å². The van der Waals surface area contributed by atoms with Crippen molar-refractivity contribution in [2.24, 2.45) is 0 Å². The molecule has 0 aromatic carbocycles. The third-order valence-corrected chi connectivity index (χ3v) is 11.4. The maximum atomic E-state index is 9.28.